The molecule has 0 aliphatic heterocycles. The predicted octanol–water partition coefficient (Wildman–Crippen LogP) is 4.45. The Labute approximate surface area is 203 Å². The molecule has 2 amide bonds. The molecule has 170 valence electrons. The van der Waals surface area contributed by atoms with E-state index in [1.54, 1.807) is 35.1 Å². The highest BCUT2D eigenvalue weighted by atomic mass is 127. The largest absolute Gasteiger partial charge is 0.486 e. The number of nitrogens with zero attached hydrogens (tertiary/aromatic N) is 2. The standard InChI is InChI=1S/C23H21IN4O5/c1-2-28-13-19(21(27-28)23(30)25-12-17-4-3-11-31-17)26-22(29)20-10-9-18(33-20)14-32-16-7-5-15(24)6-8-16/h3-11,13H,2,12,14H2,1H3,(H,25,30)(H,26,29). The Hall–Kier alpha value is -3.54. The molecule has 0 spiro atoms. The number of carbonyl (C=O) groups is 2. The van der Waals surface area contributed by atoms with Crippen LogP contribution in [0.3, 0.4) is 0 Å². The molecule has 3 aromatic heterocycles. The van der Waals surface area contributed by atoms with E-state index in [4.69, 9.17) is 13.6 Å². The van der Waals surface area contributed by atoms with E-state index in [0.717, 1.165) is 3.57 Å². The molecule has 4 aromatic rings. The van der Waals surface area contributed by atoms with Crippen molar-refractivity contribution in [1.82, 2.24) is 15.1 Å². The second-order valence-electron chi connectivity index (χ2n) is 6.97. The molecule has 3 heterocycles. The quantitative estimate of drug-likeness (QED) is 0.293. The molecule has 2 N–H and O–H groups in total. The molecule has 10 heteroatoms. The third kappa shape index (κ3) is 5.83. The average molecular weight is 560 g/mol. The lowest BCUT2D eigenvalue weighted by Crippen LogP contribution is -2.25. The second-order valence-corrected chi connectivity index (χ2v) is 8.22. The molecule has 0 saturated carbocycles. The number of carbonyl (C=O) groups excluding carboxylic acids is 2. The summed E-state index contributed by atoms with van der Waals surface area (Å²) in [6.07, 6.45) is 3.13. The number of furan rings is 2. The van der Waals surface area contributed by atoms with Gasteiger partial charge in [-0.15, -0.1) is 0 Å². The van der Waals surface area contributed by atoms with E-state index in [9.17, 15) is 9.59 Å². The van der Waals surface area contributed by atoms with Crippen LogP contribution >= 0.6 is 22.6 Å². The van der Waals surface area contributed by atoms with E-state index in [0.29, 0.717) is 23.8 Å². The first-order chi connectivity index (χ1) is 16.0. The topological polar surface area (TPSA) is 112 Å². The first kappa shape index (κ1) is 22.6. The van der Waals surface area contributed by atoms with Gasteiger partial charge in [0.2, 0.25) is 0 Å². The first-order valence-corrected chi connectivity index (χ1v) is 11.3. The maximum Gasteiger partial charge on any atom is 0.291 e. The van der Waals surface area contributed by atoms with Crippen LogP contribution < -0.4 is 15.4 Å². The van der Waals surface area contributed by atoms with E-state index in [1.165, 1.54) is 6.26 Å². The first-order valence-electron chi connectivity index (χ1n) is 10.2. The van der Waals surface area contributed by atoms with Crippen molar-refractivity contribution in [1.29, 1.82) is 0 Å². The third-order valence-corrected chi connectivity index (χ3v) is 5.35. The van der Waals surface area contributed by atoms with Gasteiger partial charge in [-0.25, -0.2) is 0 Å². The molecular formula is C23H21IN4O5. The van der Waals surface area contributed by atoms with Crippen LogP contribution in [0.5, 0.6) is 5.75 Å². The Balaban J connectivity index is 1.40. The zero-order valence-electron chi connectivity index (χ0n) is 17.7. The Bertz CT molecular complexity index is 1230. The normalized spacial score (nSPS) is 10.7. The van der Waals surface area contributed by atoms with Crippen molar-refractivity contribution in [3.63, 3.8) is 0 Å². The smallest absolute Gasteiger partial charge is 0.291 e. The molecule has 33 heavy (non-hydrogen) atoms. The number of benzene rings is 1. The van der Waals surface area contributed by atoms with E-state index in [2.05, 4.69) is 38.3 Å². The molecule has 1 aromatic carbocycles. The van der Waals surface area contributed by atoms with Crippen LogP contribution in [0.15, 0.2) is 69.8 Å². The second kappa shape index (κ2) is 10.4. The zero-order chi connectivity index (χ0) is 23.2. The minimum absolute atomic E-state index is 0.0994. The minimum atomic E-state index is -0.494. The van der Waals surface area contributed by atoms with Gasteiger partial charge in [0.05, 0.1) is 18.5 Å². The number of anilines is 1. The van der Waals surface area contributed by atoms with E-state index >= 15 is 0 Å². The number of halogens is 1. The van der Waals surface area contributed by atoms with Crippen molar-refractivity contribution in [2.24, 2.45) is 0 Å². The predicted molar refractivity (Wildman–Crippen MR) is 128 cm³/mol. The number of hydrogen-bond acceptors (Lipinski definition) is 6. The van der Waals surface area contributed by atoms with Crippen LogP contribution in [0, 0.1) is 3.57 Å². The summed E-state index contributed by atoms with van der Waals surface area (Å²) in [5.41, 5.74) is 0.387. The maximum atomic E-state index is 12.7. The molecule has 0 saturated heterocycles. The molecule has 9 nitrogen and oxygen atoms in total. The minimum Gasteiger partial charge on any atom is -0.486 e. The van der Waals surface area contributed by atoms with E-state index < -0.39 is 11.8 Å². The SMILES string of the molecule is CCn1cc(NC(=O)c2ccc(COc3ccc(I)cc3)o2)c(C(=O)NCc2ccco2)n1. The van der Waals surface area contributed by atoms with Gasteiger partial charge in [-0.2, -0.15) is 5.10 Å². The van der Waals surface area contributed by atoms with Crippen molar-refractivity contribution in [2.45, 2.75) is 26.6 Å². The highest BCUT2D eigenvalue weighted by molar-refractivity contribution is 14.1. The summed E-state index contributed by atoms with van der Waals surface area (Å²) in [4.78, 5) is 25.4. The highest BCUT2D eigenvalue weighted by Crippen LogP contribution is 2.19. The van der Waals surface area contributed by atoms with Crippen molar-refractivity contribution in [2.75, 3.05) is 5.32 Å². The molecule has 0 aliphatic rings. The van der Waals surface area contributed by atoms with E-state index in [1.807, 2.05) is 31.2 Å². The fourth-order valence-electron chi connectivity index (χ4n) is 2.95. The van der Waals surface area contributed by atoms with Crippen molar-refractivity contribution in [3.8, 4) is 5.75 Å². The van der Waals surface area contributed by atoms with Crippen molar-refractivity contribution < 1.29 is 23.2 Å². The number of nitrogens with one attached hydrogen (secondary N) is 2. The van der Waals surface area contributed by atoms with Gasteiger partial charge in [0.15, 0.2) is 11.5 Å². The lowest BCUT2D eigenvalue weighted by atomic mass is 10.3. The molecule has 0 aliphatic carbocycles. The number of amides is 2. The van der Waals surface area contributed by atoms with E-state index in [-0.39, 0.29) is 30.3 Å². The highest BCUT2D eigenvalue weighted by Gasteiger charge is 2.21. The fourth-order valence-corrected chi connectivity index (χ4v) is 3.31. The molecule has 0 radical (unpaired) electrons. The van der Waals surface area contributed by atoms with Gasteiger partial charge in [-0.05, 0) is 78.0 Å². The van der Waals surface area contributed by atoms with Crippen LogP contribution in [-0.4, -0.2) is 21.6 Å². The van der Waals surface area contributed by atoms with Crippen molar-refractivity contribution in [3.05, 3.63) is 87.5 Å². The Morgan fingerprint density at radius 2 is 1.91 bits per heavy atom. The molecule has 0 unspecified atom stereocenters. The summed E-state index contributed by atoms with van der Waals surface area (Å²) in [6, 6.07) is 14.3. The van der Waals surface area contributed by atoms with Crippen LogP contribution in [0.1, 0.15) is 39.5 Å². The van der Waals surface area contributed by atoms with Crippen LogP contribution in [0.4, 0.5) is 5.69 Å². The summed E-state index contributed by atoms with van der Waals surface area (Å²) >= 11 is 2.22. The van der Waals surface area contributed by atoms with Crippen LogP contribution in [0.2, 0.25) is 0 Å². The summed E-state index contributed by atoms with van der Waals surface area (Å²) < 4.78 is 19.2. The number of hydrogen-bond donors (Lipinski definition) is 2. The van der Waals surface area contributed by atoms with Gasteiger partial charge in [-0.3, -0.25) is 14.3 Å². The van der Waals surface area contributed by atoms with Gasteiger partial charge in [0.25, 0.3) is 11.8 Å². The molecule has 0 bridgehead atoms. The summed E-state index contributed by atoms with van der Waals surface area (Å²) in [6.45, 7) is 2.81. The van der Waals surface area contributed by atoms with Crippen LogP contribution in [0.25, 0.3) is 0 Å². The Morgan fingerprint density at radius 3 is 2.64 bits per heavy atom. The Kier molecular flexibility index (Phi) is 7.13. The van der Waals surface area contributed by atoms with Gasteiger partial charge >= 0.3 is 0 Å². The average Bonchev–Trinajstić information content (AvgIpc) is 3.58. The molecule has 0 atom stereocenters. The van der Waals surface area contributed by atoms with Crippen LogP contribution in [-0.2, 0) is 19.7 Å². The van der Waals surface area contributed by atoms with Gasteiger partial charge in [0.1, 0.15) is 23.9 Å². The summed E-state index contributed by atoms with van der Waals surface area (Å²) in [5.74, 6) is 0.988. The summed E-state index contributed by atoms with van der Waals surface area (Å²) in [5, 5.41) is 9.70. The van der Waals surface area contributed by atoms with Gasteiger partial charge in [0, 0.05) is 16.3 Å². The monoisotopic (exact) mass is 560 g/mol. The number of rotatable bonds is 9. The lowest BCUT2D eigenvalue weighted by molar-refractivity contribution is 0.0943. The molecule has 4 rings (SSSR count). The molecular weight excluding hydrogens is 539 g/mol. The number of ether oxygens (including phenoxy) is 1. The zero-order valence-corrected chi connectivity index (χ0v) is 19.9. The Morgan fingerprint density at radius 1 is 1.09 bits per heavy atom. The maximum absolute atomic E-state index is 12.7. The molecule has 0 fully saturated rings. The number of aryl methyl sites for hydroxylation is 1. The van der Waals surface area contributed by atoms with Gasteiger partial charge < -0.3 is 24.2 Å². The fraction of sp³-hybridized carbons (Fsp3) is 0.174. The van der Waals surface area contributed by atoms with Gasteiger partial charge in [-0.1, -0.05) is 0 Å². The third-order valence-electron chi connectivity index (χ3n) is 4.63. The van der Waals surface area contributed by atoms with Crippen molar-refractivity contribution >= 4 is 40.1 Å². The summed E-state index contributed by atoms with van der Waals surface area (Å²) in [7, 11) is 0. The lowest BCUT2D eigenvalue weighted by Gasteiger charge is -2.05. The number of aromatic nitrogens is 2.